The summed E-state index contributed by atoms with van der Waals surface area (Å²) < 4.78 is 7.88. The zero-order valence-electron chi connectivity index (χ0n) is 13.1. The molecule has 1 fully saturated rings. The van der Waals surface area contributed by atoms with Crippen LogP contribution >= 0.6 is 11.8 Å². The van der Waals surface area contributed by atoms with Crippen molar-refractivity contribution in [2.75, 3.05) is 12.4 Å². The van der Waals surface area contributed by atoms with E-state index in [2.05, 4.69) is 21.8 Å². The molecule has 22 heavy (non-hydrogen) atoms. The molecular weight excluding hydrogens is 294 g/mol. The van der Waals surface area contributed by atoms with Crippen LogP contribution in [-0.4, -0.2) is 27.1 Å². The summed E-state index contributed by atoms with van der Waals surface area (Å²) >= 11 is 1.72. The Morgan fingerprint density at radius 3 is 2.68 bits per heavy atom. The Labute approximate surface area is 136 Å². The second-order valence-electron chi connectivity index (χ2n) is 5.74. The van der Waals surface area contributed by atoms with Crippen LogP contribution < -0.4 is 4.74 Å². The van der Waals surface area contributed by atoms with Gasteiger partial charge in [-0.3, -0.25) is 0 Å². The minimum atomic E-state index is 0.598. The Bertz CT molecular complexity index is 579. The molecule has 1 aliphatic rings. The van der Waals surface area contributed by atoms with Crippen LogP contribution in [0, 0.1) is 0 Å². The van der Waals surface area contributed by atoms with Crippen LogP contribution in [0.4, 0.5) is 0 Å². The second kappa shape index (κ2) is 7.68. The third-order valence-corrected chi connectivity index (χ3v) is 5.15. The number of ether oxygens (including phenoxy) is 1. The van der Waals surface area contributed by atoms with Crippen molar-refractivity contribution >= 4 is 11.8 Å². The lowest BCUT2D eigenvalue weighted by Gasteiger charge is -2.20. The number of hydrogen-bond acceptors (Lipinski definition) is 4. The molecule has 0 bridgehead atoms. The van der Waals surface area contributed by atoms with Gasteiger partial charge >= 0.3 is 0 Å². The maximum absolute atomic E-state index is 5.71. The predicted octanol–water partition coefficient (Wildman–Crippen LogP) is 4.03. The summed E-state index contributed by atoms with van der Waals surface area (Å²) in [5, 5.41) is 9.78. The van der Waals surface area contributed by atoms with E-state index < -0.39 is 0 Å². The topological polar surface area (TPSA) is 39.9 Å². The first kappa shape index (κ1) is 15.4. The molecule has 0 saturated heterocycles. The maximum Gasteiger partial charge on any atom is 0.191 e. The minimum Gasteiger partial charge on any atom is -0.493 e. The molecule has 0 aliphatic heterocycles. The first-order valence-electron chi connectivity index (χ1n) is 8.04. The van der Waals surface area contributed by atoms with E-state index in [4.69, 9.17) is 4.74 Å². The van der Waals surface area contributed by atoms with Crippen molar-refractivity contribution in [1.29, 1.82) is 0 Å². The van der Waals surface area contributed by atoms with Gasteiger partial charge < -0.3 is 9.30 Å². The Balaban J connectivity index is 1.49. The molecule has 2 aromatic rings. The Kier molecular flexibility index (Phi) is 5.38. The molecule has 1 heterocycles. The van der Waals surface area contributed by atoms with Crippen molar-refractivity contribution < 1.29 is 4.74 Å². The Hall–Kier alpha value is -1.49. The van der Waals surface area contributed by atoms with Crippen molar-refractivity contribution in [3.63, 3.8) is 0 Å². The van der Waals surface area contributed by atoms with E-state index in [1.165, 1.54) is 32.1 Å². The molecule has 0 amide bonds. The van der Waals surface area contributed by atoms with Crippen molar-refractivity contribution in [1.82, 2.24) is 14.8 Å². The summed E-state index contributed by atoms with van der Waals surface area (Å²) in [6.07, 6.45) is 6.53. The second-order valence-corrected chi connectivity index (χ2v) is 6.81. The summed E-state index contributed by atoms with van der Waals surface area (Å²) in [6.45, 7) is 0.681. The fourth-order valence-corrected chi connectivity index (χ4v) is 3.71. The van der Waals surface area contributed by atoms with Crippen LogP contribution in [0.15, 0.2) is 35.5 Å². The normalized spacial score (nSPS) is 15.9. The molecule has 0 spiro atoms. The van der Waals surface area contributed by atoms with Gasteiger partial charge in [0.05, 0.1) is 6.61 Å². The monoisotopic (exact) mass is 317 g/mol. The van der Waals surface area contributed by atoms with Crippen LogP contribution in [-0.2, 0) is 7.05 Å². The molecular formula is C17H23N3OS. The van der Waals surface area contributed by atoms with Gasteiger partial charge in [-0.05, 0) is 25.0 Å². The van der Waals surface area contributed by atoms with E-state index in [0.29, 0.717) is 12.5 Å². The molecule has 0 atom stereocenters. The molecule has 1 aromatic carbocycles. The van der Waals surface area contributed by atoms with Crippen molar-refractivity contribution in [2.45, 2.75) is 43.2 Å². The zero-order chi connectivity index (χ0) is 15.2. The van der Waals surface area contributed by atoms with E-state index in [1.807, 2.05) is 30.3 Å². The average Bonchev–Trinajstić information content (AvgIpc) is 2.94. The molecule has 3 rings (SSSR count). The molecule has 4 nitrogen and oxygen atoms in total. The number of thioether (sulfide) groups is 1. The summed E-state index contributed by atoms with van der Waals surface area (Å²) in [4.78, 5) is 0. The number of benzene rings is 1. The Morgan fingerprint density at radius 1 is 1.14 bits per heavy atom. The molecule has 118 valence electrons. The average molecular weight is 317 g/mol. The highest BCUT2D eigenvalue weighted by Gasteiger charge is 2.21. The quantitative estimate of drug-likeness (QED) is 0.595. The standard InChI is InChI=1S/C17H23N3OS/c1-20-16(14-8-4-2-5-9-14)18-19-17(20)22-13-12-21-15-10-6-3-7-11-15/h3,6-7,10-11,14H,2,4-5,8-9,12-13H2,1H3. The minimum absolute atomic E-state index is 0.598. The summed E-state index contributed by atoms with van der Waals surface area (Å²) in [5.41, 5.74) is 0. The number of hydrogen-bond donors (Lipinski definition) is 0. The first-order valence-corrected chi connectivity index (χ1v) is 9.03. The van der Waals surface area contributed by atoms with Gasteiger partial charge in [0.25, 0.3) is 0 Å². The molecule has 1 aliphatic carbocycles. The maximum atomic E-state index is 5.71. The Morgan fingerprint density at radius 2 is 1.91 bits per heavy atom. The largest absolute Gasteiger partial charge is 0.493 e. The smallest absolute Gasteiger partial charge is 0.191 e. The van der Waals surface area contributed by atoms with Gasteiger partial charge in [-0.2, -0.15) is 0 Å². The number of nitrogens with zero attached hydrogens (tertiary/aromatic N) is 3. The molecule has 0 N–H and O–H groups in total. The van der Waals surface area contributed by atoms with E-state index >= 15 is 0 Å². The first-order chi connectivity index (χ1) is 10.8. The lowest BCUT2D eigenvalue weighted by atomic mass is 9.89. The highest BCUT2D eigenvalue weighted by Crippen LogP contribution is 2.32. The molecule has 0 radical (unpaired) electrons. The fourth-order valence-electron chi connectivity index (χ4n) is 2.98. The van der Waals surface area contributed by atoms with E-state index in [0.717, 1.165) is 22.5 Å². The van der Waals surface area contributed by atoms with Crippen LogP contribution in [0.1, 0.15) is 43.8 Å². The van der Waals surface area contributed by atoms with Gasteiger partial charge in [0.2, 0.25) is 0 Å². The van der Waals surface area contributed by atoms with E-state index in [9.17, 15) is 0 Å². The van der Waals surface area contributed by atoms with E-state index in [-0.39, 0.29) is 0 Å². The summed E-state index contributed by atoms with van der Waals surface area (Å²) in [6, 6.07) is 9.93. The third kappa shape index (κ3) is 3.83. The van der Waals surface area contributed by atoms with Crippen molar-refractivity contribution in [3.05, 3.63) is 36.2 Å². The third-order valence-electron chi connectivity index (χ3n) is 4.17. The molecule has 0 unspecified atom stereocenters. The van der Waals surface area contributed by atoms with Gasteiger partial charge in [-0.25, -0.2) is 0 Å². The fraction of sp³-hybridized carbons (Fsp3) is 0.529. The molecule has 5 heteroatoms. The van der Waals surface area contributed by atoms with Crippen LogP contribution in [0.2, 0.25) is 0 Å². The number of rotatable bonds is 6. The molecule has 1 saturated carbocycles. The van der Waals surface area contributed by atoms with Crippen molar-refractivity contribution in [2.24, 2.45) is 7.05 Å². The zero-order valence-corrected chi connectivity index (χ0v) is 13.9. The highest BCUT2D eigenvalue weighted by atomic mass is 32.2. The van der Waals surface area contributed by atoms with Gasteiger partial charge in [0, 0.05) is 18.7 Å². The van der Waals surface area contributed by atoms with E-state index in [1.54, 1.807) is 11.8 Å². The van der Waals surface area contributed by atoms with Crippen LogP contribution in [0.3, 0.4) is 0 Å². The lowest BCUT2D eigenvalue weighted by molar-refractivity contribution is 0.344. The SMILES string of the molecule is Cn1c(SCCOc2ccccc2)nnc1C1CCCCC1. The lowest BCUT2D eigenvalue weighted by Crippen LogP contribution is -2.10. The summed E-state index contributed by atoms with van der Waals surface area (Å²) in [7, 11) is 2.09. The van der Waals surface area contributed by atoms with Gasteiger partial charge in [0.15, 0.2) is 5.16 Å². The van der Waals surface area contributed by atoms with Gasteiger partial charge in [0.1, 0.15) is 11.6 Å². The number of para-hydroxylation sites is 1. The van der Waals surface area contributed by atoms with Gasteiger partial charge in [-0.1, -0.05) is 49.2 Å². The van der Waals surface area contributed by atoms with Gasteiger partial charge in [-0.15, -0.1) is 10.2 Å². The van der Waals surface area contributed by atoms with Crippen molar-refractivity contribution in [3.8, 4) is 5.75 Å². The number of aromatic nitrogens is 3. The molecule has 1 aromatic heterocycles. The van der Waals surface area contributed by atoms with Crippen LogP contribution in [0.25, 0.3) is 0 Å². The highest BCUT2D eigenvalue weighted by molar-refractivity contribution is 7.99. The predicted molar refractivity (Wildman–Crippen MR) is 89.5 cm³/mol. The summed E-state index contributed by atoms with van der Waals surface area (Å²) in [5.74, 6) is 3.56. The van der Waals surface area contributed by atoms with Crippen LogP contribution in [0.5, 0.6) is 5.75 Å².